The first-order valence-electron chi connectivity index (χ1n) is 2.47. The number of hydrogen-bond acceptors (Lipinski definition) is 8. The summed E-state index contributed by atoms with van der Waals surface area (Å²) in [4.78, 5) is 9.76. The number of carboxylic acids is 1. The van der Waals surface area contributed by atoms with Crippen LogP contribution in [0.15, 0.2) is 0 Å². The van der Waals surface area contributed by atoms with Gasteiger partial charge in [0, 0.05) is 5.75 Å². The van der Waals surface area contributed by atoms with Gasteiger partial charge in [0.05, 0.1) is 0 Å². The van der Waals surface area contributed by atoms with Crippen LogP contribution in [-0.2, 0) is 15.2 Å². The minimum absolute atomic E-state index is 0. The predicted octanol–water partition coefficient (Wildman–Crippen LogP) is -0.839. The minimum atomic E-state index is -4.67. The summed E-state index contributed by atoms with van der Waals surface area (Å²) in [7, 11) is -4.67. The molecule has 0 unspecified atom stereocenters. The second-order valence-corrected chi connectivity index (χ2v) is 2.84. The maximum absolute atomic E-state index is 9.76. The Kier molecular flexibility index (Phi) is 26.4. The van der Waals surface area contributed by atoms with Crippen LogP contribution in [0.25, 0.3) is 0 Å². The van der Waals surface area contributed by atoms with E-state index in [-0.39, 0.29) is 24.2 Å². The highest BCUT2D eigenvalue weighted by Gasteiger charge is 2.06. The Labute approximate surface area is 93.0 Å². The van der Waals surface area contributed by atoms with Gasteiger partial charge in [0.2, 0.25) is 0 Å². The van der Waals surface area contributed by atoms with Gasteiger partial charge in [-0.25, -0.2) is 0 Å². The van der Waals surface area contributed by atoms with Gasteiger partial charge in [0.25, 0.3) is 0 Å². The lowest BCUT2D eigenvalue weighted by Gasteiger charge is -1.96. The summed E-state index contributed by atoms with van der Waals surface area (Å²) in [5.74, 6) is -0.815. The molecule has 0 aliphatic heterocycles. The molecular weight excluding hydrogens is 252 g/mol. The molecule has 98 valence electrons. The average Bonchev–Trinajstić information content (AvgIpc) is 1.82. The predicted molar refractivity (Wildman–Crippen MR) is 58.7 cm³/mol. The Morgan fingerprint density at radius 3 is 1.47 bits per heavy atom. The lowest BCUT2D eigenvalue weighted by atomic mass is 10.4. The quantitative estimate of drug-likeness (QED) is 0.228. The molecule has 10 nitrogen and oxygen atoms in total. The van der Waals surface area contributed by atoms with Gasteiger partial charge in [-0.1, -0.05) is 0 Å². The maximum Gasteiger partial charge on any atom is 0.394 e. The van der Waals surface area contributed by atoms with Crippen LogP contribution in [0.4, 0.5) is 0 Å². The van der Waals surface area contributed by atoms with Crippen LogP contribution in [-0.4, -0.2) is 40.4 Å². The van der Waals surface area contributed by atoms with Crippen LogP contribution >= 0.6 is 12.6 Å². The van der Waals surface area contributed by atoms with Crippen LogP contribution < -0.4 is 24.2 Å². The van der Waals surface area contributed by atoms with Crippen LogP contribution in [0.5, 0.6) is 0 Å². The fourth-order valence-corrected chi connectivity index (χ4v) is 0.234. The molecule has 15 heavy (non-hydrogen) atoms. The summed E-state index contributed by atoms with van der Waals surface area (Å²) < 4.78 is 31.6. The molecule has 0 aliphatic rings. The van der Waals surface area contributed by atoms with Crippen LogP contribution in [0, 0.1) is 0 Å². The molecule has 0 amide bonds. The number of hydrogen-bond donors (Lipinski definition) is 8. The van der Waals surface area contributed by atoms with Crippen molar-refractivity contribution in [3.05, 3.63) is 0 Å². The zero-order chi connectivity index (χ0) is 10.4. The third-order valence-electron chi connectivity index (χ3n) is 0.514. The van der Waals surface area contributed by atoms with Crippen molar-refractivity contribution in [3.63, 3.8) is 0 Å². The fourth-order valence-electron chi connectivity index (χ4n) is 0.0781. The first-order valence-corrected chi connectivity index (χ1v) is 4.50. The molecule has 0 spiro atoms. The molecule has 0 rings (SSSR count). The Hall–Kier alpha value is -0.470. The summed E-state index contributed by atoms with van der Waals surface area (Å²) in [6, 6.07) is -0.816. The van der Waals surface area contributed by atoms with Crippen LogP contribution in [0.2, 0.25) is 0 Å². The van der Waals surface area contributed by atoms with E-state index in [0.717, 1.165) is 0 Å². The molecule has 0 bridgehead atoms. The highest BCUT2D eigenvalue weighted by Crippen LogP contribution is 1.80. The van der Waals surface area contributed by atoms with Crippen LogP contribution in [0.1, 0.15) is 0 Å². The van der Waals surface area contributed by atoms with E-state index in [1.165, 1.54) is 0 Å². The number of nitrogens with two attached hydrogens (primary N) is 1. The Balaban J connectivity index is -0.0000000383. The minimum Gasteiger partial charge on any atom is -0.480 e. The lowest BCUT2D eigenvalue weighted by molar-refractivity contribution is -0.137. The molecule has 14 N–H and O–H groups in total. The SMILES string of the molecule is N.N.N.N[C@@H](CS)C(=O)O.O=S(=O)(O)O. The smallest absolute Gasteiger partial charge is 0.394 e. The summed E-state index contributed by atoms with van der Waals surface area (Å²) in [5, 5.41) is 8.01. The molecule has 1 atom stereocenters. The number of thiol groups is 1. The molecule has 0 aromatic carbocycles. The summed E-state index contributed by atoms with van der Waals surface area (Å²) in [6.07, 6.45) is 0. The van der Waals surface area contributed by atoms with Crippen molar-refractivity contribution in [1.82, 2.24) is 18.5 Å². The van der Waals surface area contributed by atoms with Gasteiger partial charge >= 0.3 is 16.4 Å². The molecule has 0 saturated carbocycles. The van der Waals surface area contributed by atoms with Crippen molar-refractivity contribution in [1.29, 1.82) is 0 Å². The van der Waals surface area contributed by atoms with Crippen LogP contribution in [0.3, 0.4) is 0 Å². The molecule has 0 aromatic rings. The van der Waals surface area contributed by atoms with Crippen molar-refractivity contribution in [2.45, 2.75) is 6.04 Å². The Morgan fingerprint density at radius 1 is 1.27 bits per heavy atom. The summed E-state index contributed by atoms with van der Waals surface area (Å²) in [6.45, 7) is 0. The van der Waals surface area contributed by atoms with E-state index < -0.39 is 22.4 Å². The van der Waals surface area contributed by atoms with Crippen molar-refractivity contribution < 1.29 is 27.4 Å². The van der Waals surface area contributed by atoms with E-state index in [1.54, 1.807) is 0 Å². The zero-order valence-electron chi connectivity index (χ0n) is 7.90. The third kappa shape index (κ3) is 58.8. The van der Waals surface area contributed by atoms with E-state index in [1.807, 2.05) is 0 Å². The molecule has 0 aliphatic carbocycles. The number of aliphatic carboxylic acids is 1. The largest absolute Gasteiger partial charge is 0.480 e. The normalized spacial score (nSPS) is 10.1. The van der Waals surface area contributed by atoms with Crippen molar-refractivity contribution in [2.24, 2.45) is 5.73 Å². The van der Waals surface area contributed by atoms with E-state index in [2.05, 4.69) is 12.6 Å². The average molecular weight is 270 g/mol. The highest BCUT2D eigenvalue weighted by atomic mass is 32.3. The summed E-state index contributed by atoms with van der Waals surface area (Å²) in [5.41, 5.74) is 4.94. The van der Waals surface area contributed by atoms with Gasteiger partial charge in [0.1, 0.15) is 6.04 Å². The van der Waals surface area contributed by atoms with E-state index in [9.17, 15) is 4.79 Å². The molecule has 0 radical (unpaired) electrons. The van der Waals surface area contributed by atoms with E-state index in [4.69, 9.17) is 28.4 Å². The highest BCUT2D eigenvalue weighted by molar-refractivity contribution is 7.80. The van der Waals surface area contributed by atoms with E-state index >= 15 is 0 Å². The van der Waals surface area contributed by atoms with Gasteiger partial charge < -0.3 is 29.3 Å². The lowest BCUT2D eigenvalue weighted by Crippen LogP contribution is -2.31. The van der Waals surface area contributed by atoms with Crippen molar-refractivity contribution in [3.8, 4) is 0 Å². The molecule has 0 saturated heterocycles. The molecule has 0 aromatic heterocycles. The van der Waals surface area contributed by atoms with Gasteiger partial charge in [0.15, 0.2) is 0 Å². The second kappa shape index (κ2) is 13.5. The first kappa shape index (κ1) is 29.3. The fraction of sp³-hybridized carbons (Fsp3) is 0.667. The monoisotopic (exact) mass is 270 g/mol. The molecule has 0 fully saturated rings. The number of rotatable bonds is 2. The first-order chi connectivity index (χ1) is 5.18. The zero-order valence-corrected chi connectivity index (χ0v) is 9.62. The van der Waals surface area contributed by atoms with Gasteiger partial charge in [-0.3, -0.25) is 13.9 Å². The standard InChI is InChI=1S/C3H7NO2S.3H3N.H2O4S/c4-2(1-7)3(5)6;;;;1-5(2,3)4/h2,7H,1,4H2,(H,5,6);3*1H3;(H2,1,2,3,4)/t2-;;;;/m0..../s1. The Morgan fingerprint density at radius 2 is 1.47 bits per heavy atom. The second-order valence-electron chi connectivity index (χ2n) is 1.58. The van der Waals surface area contributed by atoms with Gasteiger partial charge in [-0.2, -0.15) is 21.0 Å². The van der Waals surface area contributed by atoms with Gasteiger partial charge in [-0.15, -0.1) is 0 Å². The Bertz CT molecular complexity index is 223. The van der Waals surface area contributed by atoms with Crippen molar-refractivity contribution >= 4 is 29.0 Å². The number of carboxylic acid groups (broad SMARTS) is 1. The van der Waals surface area contributed by atoms with Gasteiger partial charge in [-0.05, 0) is 0 Å². The third-order valence-corrected chi connectivity index (χ3v) is 0.907. The van der Waals surface area contributed by atoms with Crippen molar-refractivity contribution in [2.75, 3.05) is 5.75 Å². The molecule has 12 heteroatoms. The molecular formula is C3H18N4O6S2. The topological polar surface area (TPSA) is 243 Å². The summed E-state index contributed by atoms with van der Waals surface area (Å²) >= 11 is 3.65. The molecule has 0 heterocycles. The van der Waals surface area contributed by atoms with E-state index in [0.29, 0.717) is 0 Å². The maximum atomic E-state index is 9.76. The number of carbonyl (C=O) groups is 1.